The molecule has 0 amide bonds. The number of nitro benzene ring substituents is 1. The summed E-state index contributed by atoms with van der Waals surface area (Å²) in [5.41, 5.74) is 2.81. The van der Waals surface area contributed by atoms with Crippen LogP contribution >= 0.6 is 15.9 Å². The molecule has 28 heavy (non-hydrogen) atoms. The molecule has 0 aliphatic carbocycles. The molecule has 1 heterocycles. The van der Waals surface area contributed by atoms with Gasteiger partial charge in [0, 0.05) is 50.6 Å². The van der Waals surface area contributed by atoms with E-state index in [0.29, 0.717) is 13.1 Å². The standard InChI is InChI=1S/C21H18BrN3O3/c22-14-5-7-15(8-6-14)23-12-17(26)13-24-20-4-2-1-3-18(20)19-11-16(25(27)28)9-10-21(19)24/h1-11,17,23,26H,12-13H2. The molecule has 1 aromatic heterocycles. The fraction of sp³-hybridized carbons (Fsp3) is 0.143. The monoisotopic (exact) mass is 439 g/mol. The number of fused-ring (bicyclic) bond motifs is 3. The summed E-state index contributed by atoms with van der Waals surface area (Å²) in [4.78, 5) is 10.8. The van der Waals surface area contributed by atoms with Crippen molar-refractivity contribution in [1.82, 2.24) is 4.57 Å². The van der Waals surface area contributed by atoms with E-state index in [1.165, 1.54) is 6.07 Å². The number of nitro groups is 1. The Morgan fingerprint density at radius 3 is 2.50 bits per heavy atom. The Kier molecular flexibility index (Phi) is 5.02. The van der Waals surface area contributed by atoms with E-state index in [1.807, 2.05) is 53.1 Å². The van der Waals surface area contributed by atoms with Crippen molar-refractivity contribution in [1.29, 1.82) is 0 Å². The zero-order valence-corrected chi connectivity index (χ0v) is 16.5. The molecule has 0 spiro atoms. The topological polar surface area (TPSA) is 80.3 Å². The third-order valence-electron chi connectivity index (χ3n) is 4.75. The average Bonchev–Trinajstić information content (AvgIpc) is 3.01. The number of rotatable bonds is 6. The highest BCUT2D eigenvalue weighted by Gasteiger charge is 2.16. The number of para-hydroxylation sites is 1. The van der Waals surface area contributed by atoms with E-state index in [-0.39, 0.29) is 10.6 Å². The largest absolute Gasteiger partial charge is 0.389 e. The van der Waals surface area contributed by atoms with Crippen LogP contribution in [-0.4, -0.2) is 27.2 Å². The van der Waals surface area contributed by atoms with Crippen LogP contribution in [0.5, 0.6) is 0 Å². The van der Waals surface area contributed by atoms with Gasteiger partial charge in [-0.05, 0) is 36.4 Å². The summed E-state index contributed by atoms with van der Waals surface area (Å²) in [6, 6.07) is 20.4. The number of benzene rings is 3. The van der Waals surface area contributed by atoms with Crippen LogP contribution < -0.4 is 5.32 Å². The highest BCUT2D eigenvalue weighted by atomic mass is 79.9. The third kappa shape index (κ3) is 3.58. The van der Waals surface area contributed by atoms with Crippen LogP contribution in [0.1, 0.15) is 0 Å². The van der Waals surface area contributed by atoms with Crippen molar-refractivity contribution < 1.29 is 10.0 Å². The van der Waals surface area contributed by atoms with Crippen molar-refractivity contribution in [2.75, 3.05) is 11.9 Å². The number of nitrogens with one attached hydrogen (secondary N) is 1. The number of aromatic nitrogens is 1. The van der Waals surface area contributed by atoms with Crippen molar-refractivity contribution in [3.63, 3.8) is 0 Å². The summed E-state index contributed by atoms with van der Waals surface area (Å²) in [6.45, 7) is 0.772. The minimum absolute atomic E-state index is 0.0628. The SMILES string of the molecule is O=[N+]([O-])c1ccc2c(c1)c1ccccc1n2CC(O)CNc1ccc(Br)cc1. The van der Waals surface area contributed by atoms with Crippen LogP contribution in [0.25, 0.3) is 21.8 Å². The lowest BCUT2D eigenvalue weighted by Gasteiger charge is -2.15. The first-order chi connectivity index (χ1) is 13.5. The van der Waals surface area contributed by atoms with E-state index < -0.39 is 6.10 Å². The molecular weight excluding hydrogens is 422 g/mol. The van der Waals surface area contributed by atoms with E-state index in [1.54, 1.807) is 12.1 Å². The minimum atomic E-state index is -0.627. The molecule has 4 rings (SSSR count). The van der Waals surface area contributed by atoms with Gasteiger partial charge in [-0.15, -0.1) is 0 Å². The molecule has 2 N–H and O–H groups in total. The predicted octanol–water partition coefficient (Wildman–Crippen LogP) is 4.94. The quantitative estimate of drug-likeness (QED) is 0.329. The molecule has 1 atom stereocenters. The van der Waals surface area contributed by atoms with Crippen LogP contribution in [0.2, 0.25) is 0 Å². The summed E-state index contributed by atoms with van der Waals surface area (Å²) in [5.74, 6) is 0. The smallest absolute Gasteiger partial charge is 0.270 e. The summed E-state index contributed by atoms with van der Waals surface area (Å²) in [6.07, 6.45) is -0.627. The fourth-order valence-electron chi connectivity index (χ4n) is 3.43. The first-order valence-corrected chi connectivity index (χ1v) is 9.65. The lowest BCUT2D eigenvalue weighted by Crippen LogP contribution is -2.24. The van der Waals surface area contributed by atoms with E-state index in [0.717, 1.165) is 32.0 Å². The van der Waals surface area contributed by atoms with Crippen LogP contribution in [0.15, 0.2) is 71.2 Å². The van der Waals surface area contributed by atoms with E-state index in [9.17, 15) is 15.2 Å². The van der Waals surface area contributed by atoms with Crippen LogP contribution in [-0.2, 0) is 6.54 Å². The van der Waals surface area contributed by atoms with Gasteiger partial charge in [0.15, 0.2) is 0 Å². The zero-order chi connectivity index (χ0) is 19.7. The molecule has 0 aliphatic rings. The molecule has 0 radical (unpaired) electrons. The number of hydrogen-bond donors (Lipinski definition) is 2. The lowest BCUT2D eigenvalue weighted by atomic mass is 10.1. The summed E-state index contributed by atoms with van der Waals surface area (Å²) < 4.78 is 3.01. The lowest BCUT2D eigenvalue weighted by molar-refractivity contribution is -0.384. The van der Waals surface area contributed by atoms with Gasteiger partial charge in [0.2, 0.25) is 0 Å². The Morgan fingerprint density at radius 2 is 1.75 bits per heavy atom. The number of nitrogens with zero attached hydrogens (tertiary/aromatic N) is 2. The van der Waals surface area contributed by atoms with Crippen molar-refractivity contribution in [2.45, 2.75) is 12.6 Å². The Hall–Kier alpha value is -2.90. The van der Waals surface area contributed by atoms with Gasteiger partial charge >= 0.3 is 0 Å². The normalized spacial score (nSPS) is 12.4. The van der Waals surface area contributed by atoms with E-state index >= 15 is 0 Å². The molecule has 4 aromatic rings. The van der Waals surface area contributed by atoms with E-state index in [2.05, 4.69) is 21.2 Å². The molecule has 1 unspecified atom stereocenters. The van der Waals surface area contributed by atoms with Crippen LogP contribution in [0.3, 0.4) is 0 Å². The zero-order valence-electron chi connectivity index (χ0n) is 14.9. The summed E-state index contributed by atoms with van der Waals surface area (Å²) in [7, 11) is 0. The maximum Gasteiger partial charge on any atom is 0.270 e. The second-order valence-electron chi connectivity index (χ2n) is 6.63. The number of hydrogen-bond acceptors (Lipinski definition) is 4. The Bertz CT molecular complexity index is 1150. The van der Waals surface area contributed by atoms with E-state index in [4.69, 9.17) is 0 Å². The molecule has 6 nitrogen and oxygen atoms in total. The Labute approximate surface area is 169 Å². The van der Waals surface area contributed by atoms with Crippen molar-refractivity contribution in [2.24, 2.45) is 0 Å². The van der Waals surface area contributed by atoms with Gasteiger partial charge in [0.05, 0.1) is 17.6 Å². The highest BCUT2D eigenvalue weighted by Crippen LogP contribution is 2.31. The molecule has 0 saturated heterocycles. The number of aliphatic hydroxyl groups excluding tert-OH is 1. The molecule has 142 valence electrons. The van der Waals surface area contributed by atoms with Gasteiger partial charge in [0.25, 0.3) is 5.69 Å². The first-order valence-electron chi connectivity index (χ1n) is 8.86. The van der Waals surface area contributed by atoms with Gasteiger partial charge in [-0.25, -0.2) is 0 Å². The maximum absolute atomic E-state index is 11.2. The number of non-ortho nitro benzene ring substituents is 1. The second-order valence-corrected chi connectivity index (χ2v) is 7.54. The van der Waals surface area contributed by atoms with Gasteiger partial charge in [-0.2, -0.15) is 0 Å². The molecule has 3 aromatic carbocycles. The Balaban J connectivity index is 1.63. The highest BCUT2D eigenvalue weighted by molar-refractivity contribution is 9.10. The molecule has 0 saturated carbocycles. The third-order valence-corrected chi connectivity index (χ3v) is 5.27. The second kappa shape index (κ2) is 7.61. The Morgan fingerprint density at radius 1 is 1.04 bits per heavy atom. The fourth-order valence-corrected chi connectivity index (χ4v) is 3.69. The maximum atomic E-state index is 11.2. The first kappa shape index (κ1) is 18.5. The molecule has 0 bridgehead atoms. The van der Waals surface area contributed by atoms with Gasteiger partial charge in [0.1, 0.15) is 0 Å². The number of anilines is 1. The average molecular weight is 440 g/mol. The van der Waals surface area contributed by atoms with Crippen molar-refractivity contribution >= 4 is 49.1 Å². The van der Waals surface area contributed by atoms with Gasteiger partial charge < -0.3 is 15.0 Å². The summed E-state index contributed by atoms with van der Waals surface area (Å²) >= 11 is 3.40. The van der Waals surface area contributed by atoms with Gasteiger partial charge in [-0.3, -0.25) is 10.1 Å². The molecule has 0 fully saturated rings. The summed E-state index contributed by atoms with van der Waals surface area (Å²) in [5, 5.41) is 26.7. The van der Waals surface area contributed by atoms with Gasteiger partial charge in [-0.1, -0.05) is 34.1 Å². The molecule has 7 heteroatoms. The number of aliphatic hydroxyl groups is 1. The predicted molar refractivity (Wildman–Crippen MR) is 115 cm³/mol. The molecular formula is C21H18BrN3O3. The van der Waals surface area contributed by atoms with Crippen molar-refractivity contribution in [3.8, 4) is 0 Å². The van der Waals surface area contributed by atoms with Crippen molar-refractivity contribution in [3.05, 3.63) is 81.3 Å². The number of halogens is 1. The van der Waals surface area contributed by atoms with Crippen LogP contribution in [0.4, 0.5) is 11.4 Å². The van der Waals surface area contributed by atoms with Crippen LogP contribution in [0, 0.1) is 10.1 Å². The molecule has 0 aliphatic heterocycles. The minimum Gasteiger partial charge on any atom is -0.389 e.